The molecule has 4 rings (SSSR count). The number of methoxy groups -OCH3 is 3. The minimum absolute atomic E-state index is 0.306. The van der Waals surface area contributed by atoms with Crippen molar-refractivity contribution in [2.24, 2.45) is 0 Å². The highest BCUT2D eigenvalue weighted by Gasteiger charge is 2.16. The van der Waals surface area contributed by atoms with Gasteiger partial charge in [-0.15, -0.1) is 0 Å². The van der Waals surface area contributed by atoms with Gasteiger partial charge in [-0.25, -0.2) is 4.39 Å². The van der Waals surface area contributed by atoms with E-state index in [2.05, 4.69) is 16.4 Å². The summed E-state index contributed by atoms with van der Waals surface area (Å²) in [5.74, 6) is 1.73. The van der Waals surface area contributed by atoms with Crippen LogP contribution in [0.3, 0.4) is 0 Å². The van der Waals surface area contributed by atoms with Crippen molar-refractivity contribution in [1.29, 1.82) is 5.26 Å². The van der Waals surface area contributed by atoms with E-state index >= 15 is 0 Å². The second-order valence-electron chi connectivity index (χ2n) is 8.21. The van der Waals surface area contributed by atoms with Gasteiger partial charge >= 0.3 is 0 Å². The lowest BCUT2D eigenvalue weighted by atomic mass is 10.1. The molecular weight excluding hydrogens is 505 g/mol. The Balaban J connectivity index is 1.70. The lowest BCUT2D eigenvalue weighted by Gasteiger charge is -2.17. The number of anilines is 2. The summed E-state index contributed by atoms with van der Waals surface area (Å²) in [6.45, 7) is 1.43. The number of nitrogens with zero attached hydrogens (tertiary/aromatic N) is 2. The molecule has 0 fully saturated rings. The summed E-state index contributed by atoms with van der Waals surface area (Å²) >= 11 is 0. The van der Waals surface area contributed by atoms with Gasteiger partial charge in [-0.05, 0) is 30.3 Å². The van der Waals surface area contributed by atoms with Crippen molar-refractivity contribution in [2.45, 2.75) is 0 Å². The van der Waals surface area contributed by atoms with Crippen molar-refractivity contribution in [3.8, 4) is 34.8 Å². The lowest BCUT2D eigenvalue weighted by Crippen LogP contribution is -2.09. The van der Waals surface area contributed by atoms with E-state index in [1.54, 1.807) is 56.7 Å². The van der Waals surface area contributed by atoms with E-state index in [-0.39, 0.29) is 0 Å². The average Bonchev–Trinajstić information content (AvgIpc) is 2.94. The maximum atomic E-state index is 13.6. The number of rotatable bonds is 13. The van der Waals surface area contributed by atoms with Crippen LogP contribution < -0.4 is 24.3 Å². The zero-order chi connectivity index (χ0) is 27.6. The Hall–Kier alpha value is -4.59. The first-order valence-corrected chi connectivity index (χ1v) is 12.0. The van der Waals surface area contributed by atoms with Gasteiger partial charge in [-0.2, -0.15) is 5.26 Å². The Morgan fingerprint density at radius 2 is 1.59 bits per heavy atom. The smallest absolute Gasteiger partial charge is 0.169 e. The number of benzene rings is 3. The van der Waals surface area contributed by atoms with Crippen LogP contribution in [0.25, 0.3) is 10.9 Å². The molecule has 0 atom stereocenters. The molecule has 3 aromatic carbocycles. The molecule has 0 saturated carbocycles. The molecule has 0 aliphatic heterocycles. The topological polar surface area (TPSA) is 104 Å². The summed E-state index contributed by atoms with van der Waals surface area (Å²) in [5, 5.41) is 13.8. The van der Waals surface area contributed by atoms with E-state index in [9.17, 15) is 9.65 Å². The summed E-state index contributed by atoms with van der Waals surface area (Å²) in [7, 11) is 4.69. The second-order valence-corrected chi connectivity index (χ2v) is 8.21. The molecule has 0 unspecified atom stereocenters. The van der Waals surface area contributed by atoms with Gasteiger partial charge in [0.2, 0.25) is 0 Å². The molecule has 0 saturated heterocycles. The first-order chi connectivity index (χ1) is 19.1. The fourth-order valence-corrected chi connectivity index (χ4v) is 3.75. The van der Waals surface area contributed by atoms with Gasteiger partial charge in [-0.3, -0.25) is 4.98 Å². The largest absolute Gasteiger partial charge is 0.493 e. The summed E-state index contributed by atoms with van der Waals surface area (Å²) in [5.41, 5.74) is 2.09. The lowest BCUT2D eigenvalue weighted by molar-refractivity contribution is 0.132. The average molecular weight is 534 g/mol. The van der Waals surface area contributed by atoms with Crippen molar-refractivity contribution >= 4 is 22.3 Å². The van der Waals surface area contributed by atoms with Crippen molar-refractivity contribution in [2.75, 3.05) is 53.1 Å². The van der Waals surface area contributed by atoms with Crippen LogP contribution in [-0.2, 0) is 9.47 Å². The van der Waals surface area contributed by atoms with Crippen molar-refractivity contribution < 1.29 is 32.8 Å². The number of nitrogens with one attached hydrogen (secondary N) is 1. The molecule has 0 radical (unpaired) electrons. The second kappa shape index (κ2) is 13.3. The molecule has 0 aliphatic rings. The van der Waals surface area contributed by atoms with Crippen LogP contribution >= 0.6 is 0 Å². The van der Waals surface area contributed by atoms with E-state index in [1.807, 2.05) is 0 Å². The van der Waals surface area contributed by atoms with Gasteiger partial charge in [0.15, 0.2) is 23.0 Å². The van der Waals surface area contributed by atoms with E-state index in [0.29, 0.717) is 83.0 Å². The van der Waals surface area contributed by atoms with Gasteiger partial charge in [0, 0.05) is 49.7 Å². The van der Waals surface area contributed by atoms with Crippen molar-refractivity contribution in [1.82, 2.24) is 4.98 Å². The number of nitriles is 1. The van der Waals surface area contributed by atoms with E-state index in [0.717, 1.165) is 0 Å². The standard InChI is InChI=1S/C29H28FN3O6/c1-34-9-11-37-27-15-23-24(16-28(27)38-12-10-35-2)32-18-19(17-31)29(23)33-21-7-8-25(26(14-21)36-3)39-22-6-4-5-20(30)13-22/h4-8,13-16,18H,9-12H2,1-3H3,(H,32,33). The molecule has 9 nitrogen and oxygen atoms in total. The Kier molecular flexibility index (Phi) is 9.34. The Morgan fingerprint density at radius 1 is 0.846 bits per heavy atom. The fourth-order valence-electron chi connectivity index (χ4n) is 3.75. The van der Waals surface area contributed by atoms with Gasteiger partial charge in [-0.1, -0.05) is 6.07 Å². The number of aromatic nitrogens is 1. The minimum atomic E-state index is -0.406. The Bertz CT molecular complexity index is 1470. The maximum Gasteiger partial charge on any atom is 0.169 e. The third-order valence-electron chi connectivity index (χ3n) is 5.60. The highest BCUT2D eigenvalue weighted by molar-refractivity contribution is 5.97. The normalized spacial score (nSPS) is 10.6. The molecule has 202 valence electrons. The van der Waals surface area contributed by atoms with E-state index in [1.165, 1.54) is 25.4 Å². The zero-order valence-electron chi connectivity index (χ0n) is 21.8. The molecule has 10 heteroatoms. The SMILES string of the molecule is COCCOc1cc2ncc(C#N)c(Nc3ccc(Oc4cccc(F)c4)c(OC)c3)c2cc1OCCOC. The predicted octanol–water partition coefficient (Wildman–Crippen LogP) is 5.84. The number of halogens is 1. The number of pyridine rings is 1. The summed E-state index contributed by atoms with van der Waals surface area (Å²) in [6.07, 6.45) is 1.49. The molecular formula is C29H28FN3O6. The fraction of sp³-hybridized carbons (Fsp3) is 0.241. The third-order valence-corrected chi connectivity index (χ3v) is 5.60. The van der Waals surface area contributed by atoms with E-state index < -0.39 is 5.82 Å². The highest BCUT2D eigenvalue weighted by atomic mass is 19.1. The Morgan fingerprint density at radius 3 is 2.26 bits per heavy atom. The summed E-state index contributed by atoms with van der Waals surface area (Å²) in [4.78, 5) is 4.45. The monoisotopic (exact) mass is 533 g/mol. The molecule has 0 bridgehead atoms. The molecule has 1 N–H and O–H groups in total. The highest BCUT2D eigenvalue weighted by Crippen LogP contribution is 2.39. The van der Waals surface area contributed by atoms with Crippen LogP contribution in [0.4, 0.5) is 15.8 Å². The molecule has 0 aliphatic carbocycles. The third kappa shape index (κ3) is 6.84. The number of hydrogen-bond donors (Lipinski definition) is 1. The van der Waals surface area contributed by atoms with Crippen LogP contribution in [-0.4, -0.2) is 52.7 Å². The first kappa shape index (κ1) is 27.4. The molecule has 1 aromatic heterocycles. The van der Waals surface area contributed by atoms with E-state index in [4.69, 9.17) is 28.4 Å². The summed E-state index contributed by atoms with van der Waals surface area (Å²) < 4.78 is 46.9. The van der Waals surface area contributed by atoms with Crippen LogP contribution in [0.1, 0.15) is 5.56 Å². The first-order valence-electron chi connectivity index (χ1n) is 12.0. The maximum absolute atomic E-state index is 13.6. The van der Waals surface area contributed by atoms with Crippen molar-refractivity contribution in [3.05, 3.63) is 72.2 Å². The number of hydrogen-bond acceptors (Lipinski definition) is 9. The summed E-state index contributed by atoms with van der Waals surface area (Å²) in [6, 6.07) is 16.8. The molecule has 0 spiro atoms. The van der Waals surface area contributed by atoms with Crippen LogP contribution in [0.15, 0.2) is 60.8 Å². The molecule has 0 amide bonds. The van der Waals surface area contributed by atoms with Gasteiger partial charge in [0.25, 0.3) is 0 Å². The van der Waals surface area contributed by atoms with Gasteiger partial charge in [0.05, 0.1) is 37.1 Å². The van der Waals surface area contributed by atoms with Crippen LogP contribution in [0.2, 0.25) is 0 Å². The van der Waals surface area contributed by atoms with Crippen LogP contribution in [0, 0.1) is 17.1 Å². The quantitative estimate of drug-likeness (QED) is 0.212. The Labute approximate surface area is 225 Å². The number of ether oxygens (including phenoxy) is 6. The predicted molar refractivity (Wildman–Crippen MR) is 144 cm³/mol. The van der Waals surface area contributed by atoms with Gasteiger partial charge in [0.1, 0.15) is 30.8 Å². The van der Waals surface area contributed by atoms with Gasteiger partial charge < -0.3 is 33.7 Å². The zero-order valence-corrected chi connectivity index (χ0v) is 21.8. The molecule has 1 heterocycles. The van der Waals surface area contributed by atoms with Crippen LogP contribution in [0.5, 0.6) is 28.7 Å². The number of fused-ring (bicyclic) bond motifs is 1. The molecule has 4 aromatic rings. The molecule has 39 heavy (non-hydrogen) atoms. The van der Waals surface area contributed by atoms with Crippen molar-refractivity contribution in [3.63, 3.8) is 0 Å². The minimum Gasteiger partial charge on any atom is -0.493 e.